The maximum absolute atomic E-state index is 9.11. The second-order valence-electron chi connectivity index (χ2n) is 5.20. The first-order valence-electron chi connectivity index (χ1n) is 7.05. The number of benzene rings is 1. The zero-order valence-electron chi connectivity index (χ0n) is 12.1. The highest BCUT2D eigenvalue weighted by molar-refractivity contribution is 5.29. The van der Waals surface area contributed by atoms with Crippen LogP contribution in [0.5, 0.6) is 0 Å². The molecule has 1 aromatic carbocycles. The molecule has 0 aliphatic carbocycles. The maximum atomic E-state index is 9.11. The van der Waals surface area contributed by atoms with Gasteiger partial charge in [-0.2, -0.15) is 0 Å². The third-order valence-corrected chi connectivity index (χ3v) is 3.19. The van der Waals surface area contributed by atoms with Crippen LogP contribution in [0.25, 0.3) is 0 Å². The smallest absolute Gasteiger partial charge is 0.143 e. The summed E-state index contributed by atoms with van der Waals surface area (Å²) in [7, 11) is 0. The van der Waals surface area contributed by atoms with Crippen LogP contribution in [0.4, 0.5) is 0 Å². The highest BCUT2D eigenvalue weighted by Gasteiger charge is 2.16. The van der Waals surface area contributed by atoms with Crippen LogP contribution in [-0.4, -0.2) is 22.9 Å². The zero-order valence-corrected chi connectivity index (χ0v) is 12.1. The molecule has 108 valence electrons. The van der Waals surface area contributed by atoms with Crippen molar-refractivity contribution < 1.29 is 9.63 Å². The molecule has 2 rings (SSSR count). The number of hydrogen-bond acceptors (Lipinski definition) is 4. The molecule has 0 fully saturated rings. The molecular weight excluding hydrogens is 252 g/mol. The van der Waals surface area contributed by atoms with E-state index in [1.54, 1.807) is 0 Å². The molecule has 0 saturated carbocycles. The molecule has 0 radical (unpaired) electrons. The number of aliphatic hydroxyl groups excluding tert-OH is 1. The summed E-state index contributed by atoms with van der Waals surface area (Å²) in [6.07, 6.45) is 1.27. The predicted octanol–water partition coefficient (Wildman–Crippen LogP) is 2.30. The lowest BCUT2D eigenvalue weighted by Crippen LogP contribution is -2.23. The van der Waals surface area contributed by atoms with E-state index in [9.17, 15) is 0 Å². The zero-order chi connectivity index (χ0) is 14.4. The van der Waals surface area contributed by atoms with Gasteiger partial charge in [-0.15, -0.1) is 0 Å². The minimum absolute atomic E-state index is 0.0780. The standard InChI is InChI=1S/C16H22N2O2/c1-12(2)17-11-14-15(18-20-16(14)8-9-19)10-13-6-4-3-5-7-13/h3-7,12,17,19H,8-11H2,1-2H3. The summed E-state index contributed by atoms with van der Waals surface area (Å²) in [4.78, 5) is 0. The average molecular weight is 274 g/mol. The lowest BCUT2D eigenvalue weighted by molar-refractivity contribution is 0.276. The van der Waals surface area contributed by atoms with Gasteiger partial charge >= 0.3 is 0 Å². The Hall–Kier alpha value is -1.65. The van der Waals surface area contributed by atoms with Crippen LogP contribution in [0.1, 0.15) is 36.4 Å². The Morgan fingerprint density at radius 3 is 2.65 bits per heavy atom. The first kappa shape index (κ1) is 14.8. The summed E-state index contributed by atoms with van der Waals surface area (Å²) in [6, 6.07) is 10.6. The van der Waals surface area contributed by atoms with Gasteiger partial charge in [-0.1, -0.05) is 49.3 Å². The van der Waals surface area contributed by atoms with E-state index < -0.39 is 0 Å². The molecule has 0 aliphatic rings. The molecule has 2 N–H and O–H groups in total. The molecule has 4 heteroatoms. The molecule has 0 atom stereocenters. The summed E-state index contributed by atoms with van der Waals surface area (Å²) in [5.74, 6) is 0.784. The highest BCUT2D eigenvalue weighted by atomic mass is 16.5. The Morgan fingerprint density at radius 2 is 2.00 bits per heavy atom. The number of aromatic nitrogens is 1. The monoisotopic (exact) mass is 274 g/mol. The molecule has 0 bridgehead atoms. The Labute approximate surface area is 119 Å². The van der Waals surface area contributed by atoms with E-state index in [0.717, 1.165) is 30.0 Å². The summed E-state index contributed by atoms with van der Waals surface area (Å²) >= 11 is 0. The van der Waals surface area contributed by atoms with Gasteiger partial charge in [0.2, 0.25) is 0 Å². The highest BCUT2D eigenvalue weighted by Crippen LogP contribution is 2.18. The second-order valence-corrected chi connectivity index (χ2v) is 5.20. The molecule has 1 heterocycles. The fourth-order valence-electron chi connectivity index (χ4n) is 2.11. The van der Waals surface area contributed by atoms with Crippen molar-refractivity contribution in [3.63, 3.8) is 0 Å². The van der Waals surface area contributed by atoms with Gasteiger partial charge in [-0.05, 0) is 5.56 Å². The average Bonchev–Trinajstić information content (AvgIpc) is 2.80. The topological polar surface area (TPSA) is 58.3 Å². The molecule has 20 heavy (non-hydrogen) atoms. The fraction of sp³-hybridized carbons (Fsp3) is 0.438. The first-order chi connectivity index (χ1) is 9.70. The van der Waals surface area contributed by atoms with Gasteiger partial charge in [0, 0.05) is 31.0 Å². The number of rotatable bonds is 7. The van der Waals surface area contributed by atoms with Gasteiger partial charge in [-0.25, -0.2) is 0 Å². The van der Waals surface area contributed by atoms with Crippen molar-refractivity contribution in [2.75, 3.05) is 6.61 Å². The molecule has 0 spiro atoms. The van der Waals surface area contributed by atoms with E-state index in [-0.39, 0.29) is 6.61 Å². The van der Waals surface area contributed by atoms with Crippen LogP contribution in [0, 0.1) is 0 Å². The van der Waals surface area contributed by atoms with Crippen molar-refractivity contribution in [2.24, 2.45) is 0 Å². The molecule has 2 aromatic rings. The lowest BCUT2D eigenvalue weighted by Gasteiger charge is -2.09. The Bertz CT molecular complexity index is 521. The van der Waals surface area contributed by atoms with Crippen molar-refractivity contribution in [3.05, 3.63) is 52.9 Å². The van der Waals surface area contributed by atoms with Crippen LogP contribution in [0.15, 0.2) is 34.9 Å². The number of aliphatic hydroxyl groups is 1. The van der Waals surface area contributed by atoms with Crippen LogP contribution in [0.3, 0.4) is 0 Å². The molecule has 1 aromatic heterocycles. The summed E-state index contributed by atoms with van der Waals surface area (Å²) in [5.41, 5.74) is 3.24. The van der Waals surface area contributed by atoms with Crippen molar-refractivity contribution in [3.8, 4) is 0 Å². The molecule has 0 amide bonds. The normalized spacial score (nSPS) is 11.2. The quantitative estimate of drug-likeness (QED) is 0.813. The van der Waals surface area contributed by atoms with E-state index in [2.05, 4.69) is 36.5 Å². The van der Waals surface area contributed by atoms with Gasteiger partial charge < -0.3 is 14.9 Å². The van der Waals surface area contributed by atoms with Gasteiger partial charge in [0.15, 0.2) is 0 Å². The molecular formula is C16H22N2O2. The Morgan fingerprint density at radius 1 is 1.25 bits per heavy atom. The summed E-state index contributed by atoms with van der Waals surface area (Å²) in [5, 5.41) is 16.7. The Balaban J connectivity index is 2.18. The van der Waals surface area contributed by atoms with E-state index in [4.69, 9.17) is 9.63 Å². The molecule has 0 aliphatic heterocycles. The molecule has 4 nitrogen and oxygen atoms in total. The van der Waals surface area contributed by atoms with Gasteiger partial charge in [0.25, 0.3) is 0 Å². The predicted molar refractivity (Wildman–Crippen MR) is 78.5 cm³/mol. The Kier molecular flexibility index (Phi) is 5.32. The fourth-order valence-corrected chi connectivity index (χ4v) is 2.11. The minimum Gasteiger partial charge on any atom is -0.396 e. The van der Waals surface area contributed by atoms with Crippen LogP contribution >= 0.6 is 0 Å². The van der Waals surface area contributed by atoms with Gasteiger partial charge in [0.1, 0.15) is 5.76 Å². The summed E-state index contributed by atoms with van der Waals surface area (Å²) in [6.45, 7) is 5.01. The van der Waals surface area contributed by atoms with E-state index in [1.165, 1.54) is 5.56 Å². The van der Waals surface area contributed by atoms with E-state index in [1.807, 2.05) is 18.2 Å². The van der Waals surface area contributed by atoms with Crippen molar-refractivity contribution in [2.45, 2.75) is 39.3 Å². The van der Waals surface area contributed by atoms with Crippen LogP contribution in [-0.2, 0) is 19.4 Å². The van der Waals surface area contributed by atoms with Gasteiger partial charge in [-0.3, -0.25) is 0 Å². The SMILES string of the molecule is CC(C)NCc1c(Cc2ccccc2)noc1CCO. The number of nitrogens with zero attached hydrogens (tertiary/aromatic N) is 1. The first-order valence-corrected chi connectivity index (χ1v) is 7.05. The third kappa shape index (κ3) is 3.92. The van der Waals surface area contributed by atoms with Gasteiger partial charge in [0.05, 0.1) is 12.3 Å². The second kappa shape index (κ2) is 7.22. The number of nitrogens with one attached hydrogen (secondary N) is 1. The number of hydrogen-bond donors (Lipinski definition) is 2. The van der Waals surface area contributed by atoms with E-state index in [0.29, 0.717) is 12.5 Å². The molecule has 0 saturated heterocycles. The van der Waals surface area contributed by atoms with E-state index >= 15 is 0 Å². The van der Waals surface area contributed by atoms with Crippen molar-refractivity contribution in [1.29, 1.82) is 0 Å². The van der Waals surface area contributed by atoms with Crippen molar-refractivity contribution in [1.82, 2.24) is 10.5 Å². The summed E-state index contributed by atoms with van der Waals surface area (Å²) < 4.78 is 5.39. The van der Waals surface area contributed by atoms with Crippen molar-refractivity contribution >= 4 is 0 Å². The van der Waals surface area contributed by atoms with Crippen LogP contribution < -0.4 is 5.32 Å². The minimum atomic E-state index is 0.0780. The maximum Gasteiger partial charge on any atom is 0.143 e. The molecule has 0 unspecified atom stereocenters. The third-order valence-electron chi connectivity index (χ3n) is 3.19. The largest absolute Gasteiger partial charge is 0.396 e. The lowest BCUT2D eigenvalue weighted by atomic mass is 10.0. The van der Waals surface area contributed by atoms with Crippen LogP contribution in [0.2, 0.25) is 0 Å².